The Morgan fingerprint density at radius 1 is 1.17 bits per heavy atom. The number of aliphatic carboxylic acids is 1. The highest BCUT2D eigenvalue weighted by molar-refractivity contribution is 6.62. The molecular formula is C17H22BNO5. The van der Waals surface area contributed by atoms with Gasteiger partial charge in [-0.3, -0.25) is 9.59 Å². The molecule has 0 bridgehead atoms. The molecule has 0 spiro atoms. The minimum Gasteiger partial charge on any atom is -0.481 e. The lowest BCUT2D eigenvalue weighted by Gasteiger charge is -2.32. The number of rotatable bonds is 3. The van der Waals surface area contributed by atoms with Crippen molar-refractivity contribution < 1.29 is 24.0 Å². The molecule has 1 N–H and O–H groups in total. The molecule has 1 unspecified atom stereocenters. The Morgan fingerprint density at radius 2 is 1.71 bits per heavy atom. The van der Waals surface area contributed by atoms with Crippen molar-refractivity contribution in [3.05, 3.63) is 24.3 Å². The molecule has 128 valence electrons. The Kier molecular flexibility index (Phi) is 3.96. The monoisotopic (exact) mass is 331 g/mol. The molecule has 2 heterocycles. The van der Waals surface area contributed by atoms with Crippen LogP contribution < -0.4 is 10.4 Å². The second-order valence-electron chi connectivity index (χ2n) is 7.42. The third kappa shape index (κ3) is 2.82. The van der Waals surface area contributed by atoms with Crippen LogP contribution in [0.25, 0.3) is 0 Å². The van der Waals surface area contributed by atoms with E-state index in [2.05, 4.69) is 0 Å². The molecule has 1 amide bonds. The normalized spacial score (nSPS) is 25.3. The Hall–Kier alpha value is -1.86. The zero-order chi connectivity index (χ0) is 17.7. The van der Waals surface area contributed by atoms with Gasteiger partial charge in [-0.05, 0) is 45.3 Å². The maximum Gasteiger partial charge on any atom is 0.494 e. The van der Waals surface area contributed by atoms with Gasteiger partial charge in [-0.15, -0.1) is 0 Å². The summed E-state index contributed by atoms with van der Waals surface area (Å²) in [6.07, 6.45) is 0.0499. The second kappa shape index (κ2) is 5.60. The van der Waals surface area contributed by atoms with E-state index >= 15 is 0 Å². The van der Waals surface area contributed by atoms with Crippen LogP contribution in [0.3, 0.4) is 0 Å². The summed E-state index contributed by atoms with van der Waals surface area (Å²) in [6.45, 7) is 8.20. The molecule has 1 aromatic rings. The fourth-order valence-corrected chi connectivity index (χ4v) is 2.91. The van der Waals surface area contributed by atoms with Gasteiger partial charge < -0.3 is 19.3 Å². The standard InChI is InChI=1S/C17H22BNO5/c1-16(2)17(3,4)24-18(23-16)12-5-7-13(8-6-12)19-10-11(15(21)22)9-14(19)20/h5-8,11H,9-10H2,1-4H3,(H,21,22). The summed E-state index contributed by atoms with van der Waals surface area (Å²) in [7, 11) is -0.454. The van der Waals surface area contributed by atoms with E-state index in [1.165, 1.54) is 4.90 Å². The molecule has 2 fully saturated rings. The molecule has 2 aliphatic heterocycles. The van der Waals surface area contributed by atoms with Crippen LogP contribution in [0.1, 0.15) is 34.1 Å². The van der Waals surface area contributed by atoms with Crippen LogP contribution in [0.2, 0.25) is 0 Å². The van der Waals surface area contributed by atoms with Crippen LogP contribution in [0, 0.1) is 5.92 Å². The number of carbonyl (C=O) groups is 2. The van der Waals surface area contributed by atoms with E-state index in [4.69, 9.17) is 14.4 Å². The lowest BCUT2D eigenvalue weighted by molar-refractivity contribution is -0.141. The summed E-state index contributed by atoms with van der Waals surface area (Å²) >= 11 is 0. The van der Waals surface area contributed by atoms with E-state index in [0.717, 1.165) is 5.46 Å². The molecule has 6 nitrogen and oxygen atoms in total. The molecule has 0 saturated carbocycles. The van der Waals surface area contributed by atoms with Gasteiger partial charge >= 0.3 is 13.1 Å². The third-order valence-corrected chi connectivity index (χ3v) is 5.20. The highest BCUT2D eigenvalue weighted by atomic mass is 16.7. The SMILES string of the molecule is CC1(C)OB(c2ccc(N3CC(C(=O)O)CC3=O)cc2)OC1(C)C. The van der Waals surface area contributed by atoms with Crippen LogP contribution >= 0.6 is 0 Å². The number of amides is 1. The lowest BCUT2D eigenvalue weighted by atomic mass is 9.79. The van der Waals surface area contributed by atoms with Crippen LogP contribution in [-0.2, 0) is 18.9 Å². The van der Waals surface area contributed by atoms with Crippen molar-refractivity contribution in [2.45, 2.75) is 45.3 Å². The van der Waals surface area contributed by atoms with Gasteiger partial charge in [0.1, 0.15) is 0 Å². The first-order chi connectivity index (χ1) is 11.1. The quantitative estimate of drug-likeness (QED) is 0.848. The summed E-state index contributed by atoms with van der Waals surface area (Å²) < 4.78 is 12.0. The molecule has 2 saturated heterocycles. The molecule has 1 aromatic carbocycles. The second-order valence-corrected chi connectivity index (χ2v) is 7.42. The number of carbonyl (C=O) groups excluding carboxylic acids is 1. The average molecular weight is 331 g/mol. The predicted octanol–water partition coefficient (Wildman–Crippen LogP) is 1.42. The van der Waals surface area contributed by atoms with Crippen LogP contribution in [0.4, 0.5) is 5.69 Å². The van der Waals surface area contributed by atoms with Crippen molar-refractivity contribution in [3.8, 4) is 0 Å². The van der Waals surface area contributed by atoms with E-state index in [-0.39, 0.29) is 18.9 Å². The van der Waals surface area contributed by atoms with E-state index in [1.807, 2.05) is 52.0 Å². The Bertz CT molecular complexity index is 654. The molecule has 2 aliphatic rings. The average Bonchev–Trinajstić information content (AvgIpc) is 2.97. The van der Waals surface area contributed by atoms with Gasteiger partial charge in [-0.1, -0.05) is 12.1 Å². The number of hydrogen-bond acceptors (Lipinski definition) is 4. The molecule has 0 aliphatic carbocycles. The summed E-state index contributed by atoms with van der Waals surface area (Å²) in [5, 5.41) is 9.07. The van der Waals surface area contributed by atoms with Gasteiger partial charge in [0, 0.05) is 18.7 Å². The molecule has 24 heavy (non-hydrogen) atoms. The number of carboxylic acid groups (broad SMARTS) is 1. The van der Waals surface area contributed by atoms with Gasteiger partial charge in [-0.25, -0.2) is 0 Å². The minimum absolute atomic E-state index is 0.0499. The van der Waals surface area contributed by atoms with Gasteiger partial charge in [0.05, 0.1) is 17.1 Å². The van der Waals surface area contributed by atoms with E-state index in [1.54, 1.807) is 0 Å². The van der Waals surface area contributed by atoms with Crippen molar-refractivity contribution in [1.29, 1.82) is 0 Å². The van der Waals surface area contributed by atoms with Gasteiger partial charge in [0.2, 0.25) is 5.91 Å². The fraction of sp³-hybridized carbons (Fsp3) is 0.529. The topological polar surface area (TPSA) is 76.1 Å². The molecule has 1 atom stereocenters. The molecule has 7 heteroatoms. The Balaban J connectivity index is 1.75. The van der Waals surface area contributed by atoms with Crippen LogP contribution in [0.5, 0.6) is 0 Å². The number of carboxylic acids is 1. The predicted molar refractivity (Wildman–Crippen MR) is 90.3 cm³/mol. The highest BCUT2D eigenvalue weighted by Gasteiger charge is 2.51. The Labute approximate surface area is 141 Å². The van der Waals surface area contributed by atoms with E-state index in [9.17, 15) is 9.59 Å². The molecule has 0 aromatic heterocycles. The van der Waals surface area contributed by atoms with Crippen molar-refractivity contribution >= 4 is 30.1 Å². The number of hydrogen-bond donors (Lipinski definition) is 1. The molecular weight excluding hydrogens is 309 g/mol. The number of anilines is 1. The first-order valence-electron chi connectivity index (χ1n) is 8.09. The number of nitrogens with zero attached hydrogens (tertiary/aromatic N) is 1. The highest BCUT2D eigenvalue weighted by Crippen LogP contribution is 2.36. The maximum absolute atomic E-state index is 12.0. The molecule has 0 radical (unpaired) electrons. The largest absolute Gasteiger partial charge is 0.494 e. The van der Waals surface area contributed by atoms with E-state index < -0.39 is 30.2 Å². The zero-order valence-electron chi connectivity index (χ0n) is 14.4. The van der Waals surface area contributed by atoms with Crippen molar-refractivity contribution in [1.82, 2.24) is 0 Å². The Morgan fingerprint density at radius 3 is 2.17 bits per heavy atom. The minimum atomic E-state index is -0.931. The maximum atomic E-state index is 12.0. The summed E-state index contributed by atoms with van der Waals surface area (Å²) in [5.74, 6) is -1.73. The number of benzene rings is 1. The van der Waals surface area contributed by atoms with Crippen molar-refractivity contribution in [3.63, 3.8) is 0 Å². The molecule has 3 rings (SSSR count). The summed E-state index contributed by atoms with van der Waals surface area (Å²) in [6, 6.07) is 7.34. The van der Waals surface area contributed by atoms with Crippen LogP contribution in [0.15, 0.2) is 24.3 Å². The van der Waals surface area contributed by atoms with Crippen molar-refractivity contribution in [2.24, 2.45) is 5.92 Å². The van der Waals surface area contributed by atoms with Gasteiger partial charge in [-0.2, -0.15) is 0 Å². The fourth-order valence-electron chi connectivity index (χ4n) is 2.91. The summed E-state index contributed by atoms with van der Waals surface area (Å²) in [5.41, 5.74) is 0.759. The third-order valence-electron chi connectivity index (χ3n) is 5.20. The first-order valence-corrected chi connectivity index (χ1v) is 8.09. The lowest BCUT2D eigenvalue weighted by Crippen LogP contribution is -2.41. The van der Waals surface area contributed by atoms with Crippen molar-refractivity contribution in [2.75, 3.05) is 11.4 Å². The van der Waals surface area contributed by atoms with Gasteiger partial charge in [0.25, 0.3) is 0 Å². The smallest absolute Gasteiger partial charge is 0.481 e. The van der Waals surface area contributed by atoms with E-state index in [0.29, 0.717) is 5.69 Å². The van der Waals surface area contributed by atoms with Crippen LogP contribution in [-0.4, -0.2) is 41.8 Å². The first kappa shape index (κ1) is 17.0. The van der Waals surface area contributed by atoms with Gasteiger partial charge in [0.15, 0.2) is 0 Å². The zero-order valence-corrected chi connectivity index (χ0v) is 14.4. The summed E-state index contributed by atoms with van der Waals surface area (Å²) in [4.78, 5) is 24.6.